The van der Waals surface area contributed by atoms with Gasteiger partial charge in [0.1, 0.15) is 12.3 Å². The molecule has 6 heteroatoms. The van der Waals surface area contributed by atoms with E-state index in [4.69, 9.17) is 9.47 Å². The number of para-hydroxylation sites is 1. The molecule has 148 valence electrons. The van der Waals surface area contributed by atoms with Crippen LogP contribution in [0.25, 0.3) is 0 Å². The molecule has 0 heterocycles. The molecule has 1 N–H and O–H groups in total. The Morgan fingerprint density at radius 3 is 2.36 bits per heavy atom. The summed E-state index contributed by atoms with van der Waals surface area (Å²) in [6.45, 7) is 3.52. The van der Waals surface area contributed by atoms with Gasteiger partial charge in [-0.15, -0.1) is 0 Å². The second-order valence-corrected chi connectivity index (χ2v) is 6.40. The Balaban J connectivity index is 1.82. The van der Waals surface area contributed by atoms with Gasteiger partial charge in [-0.2, -0.15) is 0 Å². The predicted octanol–water partition coefficient (Wildman–Crippen LogP) is 3.36. The molecule has 0 aliphatic carbocycles. The van der Waals surface area contributed by atoms with Gasteiger partial charge in [0.15, 0.2) is 12.4 Å². The standard InChI is InChI=1S/C22H25NO5/c1-4-15(2)16-9-11-17(12-10-16)19(24)14-28-21(25)13-23-22(26)18-7-5-6-8-20(18)27-3/h5-12,15H,4,13-14H2,1-3H3,(H,23,26)/t15-/m1/s1. The van der Waals surface area contributed by atoms with Crippen molar-refractivity contribution in [3.8, 4) is 5.75 Å². The molecule has 0 unspecified atom stereocenters. The number of hydrogen-bond donors (Lipinski definition) is 1. The van der Waals surface area contributed by atoms with E-state index in [1.165, 1.54) is 7.11 Å². The van der Waals surface area contributed by atoms with Crippen LogP contribution < -0.4 is 10.1 Å². The van der Waals surface area contributed by atoms with Gasteiger partial charge in [-0.1, -0.05) is 50.2 Å². The summed E-state index contributed by atoms with van der Waals surface area (Å²) in [5.41, 5.74) is 1.96. The number of ketones is 1. The van der Waals surface area contributed by atoms with Crippen LogP contribution in [0, 0.1) is 0 Å². The minimum absolute atomic E-state index is 0.292. The Labute approximate surface area is 164 Å². The van der Waals surface area contributed by atoms with Crippen LogP contribution in [0.1, 0.15) is 52.5 Å². The Hall–Kier alpha value is -3.15. The zero-order valence-electron chi connectivity index (χ0n) is 16.4. The van der Waals surface area contributed by atoms with Crippen LogP contribution >= 0.6 is 0 Å². The largest absolute Gasteiger partial charge is 0.496 e. The van der Waals surface area contributed by atoms with Gasteiger partial charge >= 0.3 is 5.97 Å². The Morgan fingerprint density at radius 1 is 1.04 bits per heavy atom. The van der Waals surface area contributed by atoms with Crippen LogP contribution in [-0.2, 0) is 9.53 Å². The van der Waals surface area contributed by atoms with Gasteiger partial charge in [0, 0.05) is 5.56 Å². The number of methoxy groups -OCH3 is 1. The lowest BCUT2D eigenvalue weighted by atomic mass is 9.97. The summed E-state index contributed by atoms with van der Waals surface area (Å²) in [5, 5.41) is 2.46. The molecule has 0 radical (unpaired) electrons. The number of benzene rings is 2. The Kier molecular flexibility index (Phi) is 7.75. The second kappa shape index (κ2) is 10.3. The quantitative estimate of drug-likeness (QED) is 0.530. The lowest BCUT2D eigenvalue weighted by Gasteiger charge is -2.10. The number of carbonyl (C=O) groups is 3. The average Bonchev–Trinajstić information content (AvgIpc) is 2.75. The van der Waals surface area contributed by atoms with Crippen LogP contribution in [0.15, 0.2) is 48.5 Å². The number of carbonyl (C=O) groups excluding carboxylic acids is 3. The van der Waals surface area contributed by atoms with E-state index in [9.17, 15) is 14.4 Å². The maximum Gasteiger partial charge on any atom is 0.325 e. The van der Waals surface area contributed by atoms with E-state index < -0.39 is 11.9 Å². The molecule has 0 saturated heterocycles. The summed E-state index contributed by atoms with van der Waals surface area (Å²) in [6, 6.07) is 14.0. The van der Waals surface area contributed by atoms with Crippen LogP contribution in [0.2, 0.25) is 0 Å². The highest BCUT2D eigenvalue weighted by Crippen LogP contribution is 2.19. The van der Waals surface area contributed by atoms with Crippen molar-refractivity contribution in [2.45, 2.75) is 26.2 Å². The summed E-state index contributed by atoms with van der Waals surface area (Å²) in [7, 11) is 1.46. The van der Waals surface area contributed by atoms with Gasteiger partial charge in [0.05, 0.1) is 12.7 Å². The molecule has 0 aliphatic rings. The van der Waals surface area contributed by atoms with Crippen LogP contribution in [0.4, 0.5) is 0 Å². The molecule has 0 fully saturated rings. The van der Waals surface area contributed by atoms with Crippen molar-refractivity contribution in [3.63, 3.8) is 0 Å². The van der Waals surface area contributed by atoms with Crippen LogP contribution in [-0.4, -0.2) is 37.9 Å². The third-order valence-corrected chi connectivity index (χ3v) is 4.52. The molecule has 0 aromatic heterocycles. The van der Waals surface area contributed by atoms with Crippen molar-refractivity contribution in [1.29, 1.82) is 0 Å². The molecule has 6 nitrogen and oxygen atoms in total. The van der Waals surface area contributed by atoms with Gasteiger partial charge in [-0.25, -0.2) is 0 Å². The normalized spacial score (nSPS) is 11.4. The zero-order chi connectivity index (χ0) is 20.5. The minimum atomic E-state index is -0.687. The first-order valence-corrected chi connectivity index (χ1v) is 9.16. The molecule has 2 aromatic carbocycles. The van der Waals surface area contributed by atoms with Crippen molar-refractivity contribution in [2.24, 2.45) is 0 Å². The molecular weight excluding hydrogens is 358 g/mol. The summed E-state index contributed by atoms with van der Waals surface area (Å²) in [5.74, 6) is -0.604. The highest BCUT2D eigenvalue weighted by atomic mass is 16.5. The number of Topliss-reactive ketones (excluding diaryl/α,β-unsaturated/α-hetero) is 1. The lowest BCUT2D eigenvalue weighted by Crippen LogP contribution is -2.31. The highest BCUT2D eigenvalue weighted by molar-refractivity contribution is 5.99. The number of rotatable bonds is 9. The number of nitrogens with one attached hydrogen (secondary N) is 1. The van der Waals surface area contributed by atoms with Crippen molar-refractivity contribution in [3.05, 3.63) is 65.2 Å². The molecule has 2 rings (SSSR count). The van der Waals surface area contributed by atoms with Crippen molar-refractivity contribution in [2.75, 3.05) is 20.3 Å². The Bertz CT molecular complexity index is 829. The smallest absolute Gasteiger partial charge is 0.325 e. The van der Waals surface area contributed by atoms with E-state index in [1.54, 1.807) is 36.4 Å². The minimum Gasteiger partial charge on any atom is -0.496 e. The molecule has 0 aliphatic heterocycles. The number of amides is 1. The fraction of sp³-hybridized carbons (Fsp3) is 0.318. The van der Waals surface area contributed by atoms with Crippen LogP contribution in [0.5, 0.6) is 5.75 Å². The molecule has 0 spiro atoms. The maximum absolute atomic E-state index is 12.2. The van der Waals surface area contributed by atoms with E-state index in [1.807, 2.05) is 12.1 Å². The fourth-order valence-corrected chi connectivity index (χ4v) is 2.59. The van der Waals surface area contributed by atoms with Gasteiger partial charge in [-0.05, 0) is 30.0 Å². The fourth-order valence-electron chi connectivity index (χ4n) is 2.59. The van der Waals surface area contributed by atoms with E-state index in [0.717, 1.165) is 12.0 Å². The molecule has 28 heavy (non-hydrogen) atoms. The van der Waals surface area contributed by atoms with E-state index in [0.29, 0.717) is 22.8 Å². The SMILES string of the molecule is CC[C@@H](C)c1ccc(C(=O)COC(=O)CNC(=O)c2ccccc2OC)cc1. The predicted molar refractivity (Wildman–Crippen MR) is 106 cm³/mol. The molecule has 0 saturated carbocycles. The molecule has 0 bridgehead atoms. The third kappa shape index (κ3) is 5.67. The Morgan fingerprint density at radius 2 is 1.71 bits per heavy atom. The number of hydrogen-bond acceptors (Lipinski definition) is 5. The van der Waals surface area contributed by atoms with Gasteiger partial charge < -0.3 is 14.8 Å². The monoisotopic (exact) mass is 383 g/mol. The van der Waals surface area contributed by atoms with E-state index in [-0.39, 0.29) is 18.9 Å². The lowest BCUT2D eigenvalue weighted by molar-refractivity contribution is -0.141. The second-order valence-electron chi connectivity index (χ2n) is 6.40. The van der Waals surface area contributed by atoms with Gasteiger partial charge in [0.2, 0.25) is 0 Å². The highest BCUT2D eigenvalue weighted by Gasteiger charge is 2.15. The zero-order valence-corrected chi connectivity index (χ0v) is 16.4. The first-order valence-electron chi connectivity index (χ1n) is 9.16. The van der Waals surface area contributed by atoms with Gasteiger partial charge in [0.25, 0.3) is 5.91 Å². The van der Waals surface area contributed by atoms with Crippen molar-refractivity contribution < 1.29 is 23.9 Å². The third-order valence-electron chi connectivity index (χ3n) is 4.52. The van der Waals surface area contributed by atoms with Gasteiger partial charge in [-0.3, -0.25) is 14.4 Å². The summed E-state index contributed by atoms with van der Waals surface area (Å²) in [4.78, 5) is 36.1. The number of ether oxygens (including phenoxy) is 2. The summed E-state index contributed by atoms with van der Waals surface area (Å²) < 4.78 is 10.1. The molecule has 1 atom stereocenters. The molecule has 1 amide bonds. The maximum atomic E-state index is 12.2. The summed E-state index contributed by atoms with van der Waals surface area (Å²) in [6.07, 6.45) is 1.02. The van der Waals surface area contributed by atoms with E-state index in [2.05, 4.69) is 19.2 Å². The summed E-state index contributed by atoms with van der Waals surface area (Å²) >= 11 is 0. The van der Waals surface area contributed by atoms with Crippen molar-refractivity contribution in [1.82, 2.24) is 5.32 Å². The van der Waals surface area contributed by atoms with Crippen molar-refractivity contribution >= 4 is 17.7 Å². The topological polar surface area (TPSA) is 81.7 Å². The van der Waals surface area contributed by atoms with Crippen LogP contribution in [0.3, 0.4) is 0 Å². The average molecular weight is 383 g/mol. The molecule has 2 aromatic rings. The molecular formula is C22H25NO5. The first kappa shape index (κ1) is 21.2. The number of esters is 1. The van der Waals surface area contributed by atoms with E-state index >= 15 is 0 Å². The first-order chi connectivity index (χ1) is 13.5.